The van der Waals surface area contributed by atoms with Gasteiger partial charge in [0.2, 0.25) is 5.88 Å². The molecular weight excluding hydrogens is 364 g/mol. The van der Waals surface area contributed by atoms with Crippen molar-refractivity contribution in [2.75, 3.05) is 19.7 Å². The van der Waals surface area contributed by atoms with Crippen molar-refractivity contribution in [2.24, 2.45) is 5.41 Å². The van der Waals surface area contributed by atoms with Gasteiger partial charge in [-0.3, -0.25) is 9.88 Å². The number of nitriles is 1. The third-order valence-electron chi connectivity index (χ3n) is 5.16. The average Bonchev–Trinajstić information content (AvgIpc) is 2.69. The molecule has 0 spiro atoms. The van der Waals surface area contributed by atoms with E-state index in [0.29, 0.717) is 19.0 Å². The minimum absolute atomic E-state index is 0.324. The van der Waals surface area contributed by atoms with Crippen LogP contribution in [-0.4, -0.2) is 40.2 Å². The number of hydrogen-bond donors (Lipinski definition) is 0. The van der Waals surface area contributed by atoms with Crippen LogP contribution in [0.3, 0.4) is 0 Å². The van der Waals surface area contributed by atoms with E-state index in [-0.39, 0.29) is 5.60 Å². The molecule has 0 atom stereocenters. The van der Waals surface area contributed by atoms with E-state index in [0.717, 1.165) is 42.9 Å². The number of para-hydroxylation sites is 1. The van der Waals surface area contributed by atoms with Gasteiger partial charge in [0.15, 0.2) is 0 Å². The van der Waals surface area contributed by atoms with E-state index in [1.54, 1.807) is 12.4 Å². The van der Waals surface area contributed by atoms with Crippen molar-refractivity contribution in [3.63, 3.8) is 0 Å². The van der Waals surface area contributed by atoms with Gasteiger partial charge in [0.05, 0.1) is 11.5 Å². The molecule has 1 aliphatic heterocycles. The molecule has 0 unspecified atom stereocenters. The van der Waals surface area contributed by atoms with Crippen LogP contribution in [0.2, 0.25) is 0 Å². The van der Waals surface area contributed by atoms with E-state index in [1.807, 2.05) is 52.0 Å². The fourth-order valence-corrected chi connectivity index (χ4v) is 3.41. The van der Waals surface area contributed by atoms with Crippen LogP contribution >= 0.6 is 0 Å². The standard InChI is InChI=1S/C23H30N4O2/c1-18-7-5-6-8-20(18)28-17-23(16-24)9-13-27(14-10-23)15-19-21(26-12-11-25-19)29-22(2,3)4/h5-8,11-12H,9-10,13-15,17H2,1-4H3. The van der Waals surface area contributed by atoms with Gasteiger partial charge in [0, 0.05) is 32.0 Å². The molecule has 29 heavy (non-hydrogen) atoms. The van der Waals surface area contributed by atoms with E-state index in [1.165, 1.54) is 0 Å². The van der Waals surface area contributed by atoms with Crippen LogP contribution in [0, 0.1) is 23.7 Å². The fraction of sp³-hybridized carbons (Fsp3) is 0.522. The second kappa shape index (κ2) is 8.79. The number of aromatic nitrogens is 2. The lowest BCUT2D eigenvalue weighted by atomic mass is 9.80. The van der Waals surface area contributed by atoms with Gasteiger partial charge in [-0.15, -0.1) is 0 Å². The number of rotatable bonds is 6. The molecule has 0 saturated carbocycles. The molecule has 2 heterocycles. The number of aryl methyl sites for hydroxylation is 1. The summed E-state index contributed by atoms with van der Waals surface area (Å²) in [6.07, 6.45) is 4.89. The van der Waals surface area contributed by atoms with Gasteiger partial charge < -0.3 is 9.47 Å². The normalized spacial score (nSPS) is 16.8. The van der Waals surface area contributed by atoms with Crippen LogP contribution < -0.4 is 9.47 Å². The predicted octanol–water partition coefficient (Wildman–Crippen LogP) is 4.15. The van der Waals surface area contributed by atoms with Crippen molar-refractivity contribution in [1.29, 1.82) is 5.26 Å². The highest BCUT2D eigenvalue weighted by atomic mass is 16.5. The van der Waals surface area contributed by atoms with Crippen molar-refractivity contribution in [3.8, 4) is 17.7 Å². The number of nitrogens with zero attached hydrogens (tertiary/aromatic N) is 4. The quantitative estimate of drug-likeness (QED) is 0.733. The van der Waals surface area contributed by atoms with Crippen LogP contribution in [0.5, 0.6) is 11.6 Å². The summed E-state index contributed by atoms with van der Waals surface area (Å²) in [5.41, 5.74) is 1.15. The monoisotopic (exact) mass is 394 g/mol. The number of benzene rings is 1. The Morgan fingerprint density at radius 1 is 1.14 bits per heavy atom. The molecule has 154 valence electrons. The molecule has 1 aliphatic rings. The van der Waals surface area contributed by atoms with E-state index >= 15 is 0 Å². The summed E-state index contributed by atoms with van der Waals surface area (Å²) in [5, 5.41) is 9.85. The summed E-state index contributed by atoms with van der Waals surface area (Å²) in [7, 11) is 0. The lowest BCUT2D eigenvalue weighted by Crippen LogP contribution is -2.42. The summed E-state index contributed by atoms with van der Waals surface area (Å²) in [6.45, 7) is 10.7. The van der Waals surface area contributed by atoms with Crippen LogP contribution in [0.25, 0.3) is 0 Å². The highest BCUT2D eigenvalue weighted by molar-refractivity contribution is 5.32. The average molecular weight is 395 g/mol. The fourth-order valence-electron chi connectivity index (χ4n) is 3.41. The predicted molar refractivity (Wildman–Crippen MR) is 112 cm³/mol. The Morgan fingerprint density at radius 3 is 2.48 bits per heavy atom. The van der Waals surface area contributed by atoms with Gasteiger partial charge >= 0.3 is 0 Å². The summed E-state index contributed by atoms with van der Waals surface area (Å²) in [4.78, 5) is 11.2. The van der Waals surface area contributed by atoms with E-state index < -0.39 is 5.41 Å². The molecule has 3 rings (SSSR count). The first kappa shape index (κ1) is 21.1. The first-order chi connectivity index (χ1) is 13.8. The molecule has 0 radical (unpaired) electrons. The molecule has 0 bridgehead atoms. The van der Waals surface area contributed by atoms with Gasteiger partial charge in [-0.2, -0.15) is 5.26 Å². The zero-order valence-electron chi connectivity index (χ0n) is 17.8. The number of likely N-dealkylation sites (tertiary alicyclic amines) is 1. The Labute approximate surface area is 173 Å². The second-order valence-electron chi connectivity index (χ2n) is 8.75. The molecule has 1 saturated heterocycles. The van der Waals surface area contributed by atoms with Crippen LogP contribution in [-0.2, 0) is 6.54 Å². The van der Waals surface area contributed by atoms with Crippen LogP contribution in [0.1, 0.15) is 44.9 Å². The van der Waals surface area contributed by atoms with E-state index in [4.69, 9.17) is 9.47 Å². The SMILES string of the molecule is Cc1ccccc1OCC1(C#N)CCN(Cc2nccnc2OC(C)(C)C)CC1. The van der Waals surface area contributed by atoms with E-state index in [9.17, 15) is 5.26 Å². The second-order valence-corrected chi connectivity index (χ2v) is 8.75. The maximum atomic E-state index is 9.85. The van der Waals surface area contributed by atoms with Gasteiger partial charge in [-0.1, -0.05) is 18.2 Å². The molecule has 1 aromatic carbocycles. The molecule has 0 aliphatic carbocycles. The smallest absolute Gasteiger partial charge is 0.237 e. The van der Waals surface area contributed by atoms with Gasteiger partial charge in [-0.05, 0) is 52.2 Å². The summed E-state index contributed by atoms with van der Waals surface area (Å²) in [5.74, 6) is 1.44. The first-order valence-corrected chi connectivity index (χ1v) is 10.1. The van der Waals surface area contributed by atoms with Crippen molar-refractivity contribution in [3.05, 3.63) is 47.9 Å². The highest BCUT2D eigenvalue weighted by Crippen LogP contribution is 2.33. The van der Waals surface area contributed by atoms with Gasteiger partial charge in [0.1, 0.15) is 23.7 Å². The largest absolute Gasteiger partial charge is 0.492 e. The molecule has 1 aromatic heterocycles. The highest BCUT2D eigenvalue weighted by Gasteiger charge is 2.36. The Hall–Kier alpha value is -2.65. The maximum absolute atomic E-state index is 9.85. The molecule has 0 amide bonds. The number of piperidine rings is 1. The summed E-state index contributed by atoms with van der Waals surface area (Å²) < 4.78 is 12.0. The minimum Gasteiger partial charge on any atom is -0.492 e. The number of ether oxygens (including phenoxy) is 2. The third kappa shape index (κ3) is 5.68. The van der Waals surface area contributed by atoms with Crippen molar-refractivity contribution in [1.82, 2.24) is 14.9 Å². The zero-order chi connectivity index (χ0) is 20.9. The Kier molecular flexibility index (Phi) is 6.39. The Morgan fingerprint density at radius 2 is 1.83 bits per heavy atom. The Bertz CT molecular complexity index is 862. The van der Waals surface area contributed by atoms with Crippen molar-refractivity contribution in [2.45, 2.75) is 52.7 Å². The summed E-state index contributed by atoms with van der Waals surface area (Å²) >= 11 is 0. The molecule has 2 aromatic rings. The van der Waals surface area contributed by atoms with Crippen molar-refractivity contribution < 1.29 is 9.47 Å². The topological polar surface area (TPSA) is 71.3 Å². The minimum atomic E-state index is -0.452. The van der Waals surface area contributed by atoms with Crippen LogP contribution in [0.4, 0.5) is 0 Å². The maximum Gasteiger partial charge on any atom is 0.237 e. The molecular formula is C23H30N4O2. The van der Waals surface area contributed by atoms with Crippen LogP contribution in [0.15, 0.2) is 36.7 Å². The molecule has 0 N–H and O–H groups in total. The van der Waals surface area contributed by atoms with Crippen molar-refractivity contribution >= 4 is 0 Å². The number of hydrogen-bond acceptors (Lipinski definition) is 6. The van der Waals surface area contributed by atoms with Gasteiger partial charge in [0.25, 0.3) is 0 Å². The van der Waals surface area contributed by atoms with Gasteiger partial charge in [-0.25, -0.2) is 4.98 Å². The lowest BCUT2D eigenvalue weighted by Gasteiger charge is -2.37. The third-order valence-corrected chi connectivity index (χ3v) is 5.16. The molecule has 6 heteroatoms. The van der Waals surface area contributed by atoms with E-state index in [2.05, 4.69) is 20.9 Å². The molecule has 1 fully saturated rings. The zero-order valence-corrected chi connectivity index (χ0v) is 17.8. The first-order valence-electron chi connectivity index (χ1n) is 10.1. The lowest BCUT2D eigenvalue weighted by molar-refractivity contribution is 0.0868. The summed E-state index contributed by atoms with van der Waals surface area (Å²) in [6, 6.07) is 10.5. The molecule has 6 nitrogen and oxygen atoms in total. The Balaban J connectivity index is 1.60.